The predicted molar refractivity (Wildman–Crippen MR) is 176 cm³/mol. The number of piperidine rings is 1. The number of hydrogen-bond donors (Lipinski definition) is 1. The standard InChI is InChI=1S/C35H44F3N5O3S/c1-22-27-8-7-9-30(31(27)36)35(37,38)24-18-25-10-11-26(19-24)42(25)14-5-3-2-4-6-15-43-33-29(32(41-22)39-21-40-33)20-28(34(43)44)23-12-16-47(45,46)17-13-23/h7-9,20-26H,2-6,10-19H2,1H3,(H,39,40,41)/t22-,24?,25?,26?/m1/s1/i1D3. The van der Waals surface area contributed by atoms with Crippen molar-refractivity contribution < 1.29 is 25.7 Å². The van der Waals surface area contributed by atoms with Crippen LogP contribution in [0.25, 0.3) is 11.0 Å². The Morgan fingerprint density at radius 2 is 1.66 bits per heavy atom. The van der Waals surface area contributed by atoms with Gasteiger partial charge in [-0.1, -0.05) is 37.5 Å². The molecule has 8 rings (SSSR count). The van der Waals surface area contributed by atoms with Crippen LogP contribution >= 0.6 is 0 Å². The lowest BCUT2D eigenvalue weighted by Crippen LogP contribution is -2.47. The van der Waals surface area contributed by atoms with Gasteiger partial charge in [-0.25, -0.2) is 31.6 Å². The molecule has 3 aromatic rings. The normalized spacial score (nSPS) is 31.0. The Labute approximate surface area is 278 Å². The summed E-state index contributed by atoms with van der Waals surface area (Å²) in [5.41, 5.74) is -0.856. The molecule has 12 heteroatoms. The van der Waals surface area contributed by atoms with E-state index in [1.165, 1.54) is 18.5 Å². The van der Waals surface area contributed by atoms with E-state index in [4.69, 9.17) is 4.11 Å². The molecule has 3 atom stereocenters. The number of aryl methyl sites for hydroxylation is 1. The van der Waals surface area contributed by atoms with Crippen LogP contribution in [0.2, 0.25) is 0 Å². The van der Waals surface area contributed by atoms with Gasteiger partial charge in [-0.05, 0) is 76.7 Å². The van der Waals surface area contributed by atoms with Gasteiger partial charge in [-0.15, -0.1) is 0 Å². The maximum absolute atomic E-state index is 16.5. The molecule has 5 aliphatic heterocycles. The second-order valence-corrected chi connectivity index (χ2v) is 16.2. The molecule has 0 aliphatic carbocycles. The van der Waals surface area contributed by atoms with Crippen LogP contribution in [0.15, 0.2) is 35.4 Å². The Morgan fingerprint density at radius 3 is 2.38 bits per heavy atom. The van der Waals surface area contributed by atoms with E-state index in [1.807, 2.05) is 0 Å². The van der Waals surface area contributed by atoms with Gasteiger partial charge >= 0.3 is 0 Å². The smallest absolute Gasteiger partial charge is 0.278 e. The monoisotopic (exact) mass is 674 g/mol. The highest BCUT2D eigenvalue weighted by atomic mass is 32.2. The molecule has 0 amide bonds. The first kappa shape index (κ1) is 29.0. The molecule has 1 N–H and O–H groups in total. The summed E-state index contributed by atoms with van der Waals surface area (Å²) < 4.78 is 100. The molecule has 254 valence electrons. The summed E-state index contributed by atoms with van der Waals surface area (Å²) in [5.74, 6) is -6.26. The molecule has 0 spiro atoms. The molecule has 2 aromatic heterocycles. The maximum atomic E-state index is 16.5. The summed E-state index contributed by atoms with van der Waals surface area (Å²) >= 11 is 0. The van der Waals surface area contributed by atoms with E-state index in [9.17, 15) is 13.2 Å². The number of fused-ring (bicyclic) bond motifs is 7. The van der Waals surface area contributed by atoms with Crippen molar-refractivity contribution in [3.63, 3.8) is 0 Å². The summed E-state index contributed by atoms with van der Waals surface area (Å²) in [5, 5.41) is 3.18. The van der Waals surface area contributed by atoms with Gasteiger partial charge in [-0.2, -0.15) is 0 Å². The Balaban J connectivity index is 1.34. The Kier molecular flexibility index (Phi) is 7.89. The van der Waals surface area contributed by atoms with E-state index >= 15 is 13.2 Å². The van der Waals surface area contributed by atoms with Gasteiger partial charge in [0.2, 0.25) is 0 Å². The van der Waals surface area contributed by atoms with Gasteiger partial charge in [-0.3, -0.25) is 14.3 Å². The second kappa shape index (κ2) is 12.8. The van der Waals surface area contributed by atoms with Crippen LogP contribution < -0.4 is 10.9 Å². The molecule has 2 unspecified atom stereocenters. The fraction of sp³-hybridized carbons (Fsp3) is 0.629. The van der Waals surface area contributed by atoms with Crippen LogP contribution in [-0.2, 0) is 22.3 Å². The van der Waals surface area contributed by atoms with Gasteiger partial charge in [0.25, 0.3) is 11.5 Å². The first-order valence-corrected chi connectivity index (χ1v) is 18.8. The number of nitrogens with one attached hydrogen (secondary N) is 1. The number of alkyl halides is 2. The first-order valence-electron chi connectivity index (χ1n) is 18.5. The fourth-order valence-corrected chi connectivity index (χ4v) is 10.0. The van der Waals surface area contributed by atoms with Crippen molar-refractivity contribution in [2.24, 2.45) is 5.92 Å². The minimum Gasteiger partial charge on any atom is -0.363 e. The van der Waals surface area contributed by atoms with E-state index in [2.05, 4.69) is 20.2 Å². The molecule has 0 saturated carbocycles. The summed E-state index contributed by atoms with van der Waals surface area (Å²) in [6.07, 6.45) is 8.30. The van der Waals surface area contributed by atoms with Crippen molar-refractivity contribution in [3.05, 3.63) is 63.5 Å². The number of sulfone groups is 1. The van der Waals surface area contributed by atoms with Crippen LogP contribution in [0.5, 0.6) is 0 Å². The average molecular weight is 675 g/mol. The van der Waals surface area contributed by atoms with Crippen LogP contribution in [0.3, 0.4) is 0 Å². The Hall–Kier alpha value is -2.99. The number of pyridine rings is 1. The van der Waals surface area contributed by atoms with E-state index in [0.717, 1.165) is 51.1 Å². The minimum atomic E-state index is -3.51. The predicted octanol–water partition coefficient (Wildman–Crippen LogP) is 6.69. The molecule has 5 aliphatic rings. The van der Waals surface area contributed by atoms with Crippen molar-refractivity contribution in [2.45, 2.75) is 114 Å². The molecule has 10 bridgehead atoms. The largest absolute Gasteiger partial charge is 0.363 e. The van der Waals surface area contributed by atoms with E-state index in [-0.39, 0.29) is 72.2 Å². The van der Waals surface area contributed by atoms with Crippen molar-refractivity contribution in [1.29, 1.82) is 0 Å². The van der Waals surface area contributed by atoms with Crippen molar-refractivity contribution in [1.82, 2.24) is 19.4 Å². The maximum Gasteiger partial charge on any atom is 0.278 e. The van der Waals surface area contributed by atoms with Gasteiger partial charge in [0.05, 0.1) is 28.5 Å². The third kappa shape index (κ3) is 6.20. The van der Waals surface area contributed by atoms with E-state index < -0.39 is 51.5 Å². The number of aromatic nitrogens is 3. The zero-order valence-electron chi connectivity index (χ0n) is 29.4. The average Bonchev–Trinajstić information content (AvgIpc) is 3.28. The van der Waals surface area contributed by atoms with Crippen LogP contribution in [0.1, 0.15) is 110 Å². The van der Waals surface area contributed by atoms with Crippen molar-refractivity contribution in [3.8, 4) is 0 Å². The Morgan fingerprint density at radius 1 is 0.957 bits per heavy atom. The highest BCUT2D eigenvalue weighted by Crippen LogP contribution is 2.50. The highest BCUT2D eigenvalue weighted by Gasteiger charge is 2.51. The number of nitrogens with zero attached hydrogens (tertiary/aromatic N) is 4. The van der Waals surface area contributed by atoms with E-state index in [1.54, 1.807) is 10.6 Å². The number of hydrogen-bond acceptors (Lipinski definition) is 7. The molecule has 3 fully saturated rings. The minimum absolute atomic E-state index is 0.0113. The van der Waals surface area contributed by atoms with E-state index in [0.29, 0.717) is 23.9 Å². The van der Waals surface area contributed by atoms with Crippen LogP contribution in [0, 0.1) is 11.7 Å². The molecule has 1 aromatic carbocycles. The summed E-state index contributed by atoms with van der Waals surface area (Å²) in [6, 6.07) is 3.42. The van der Waals surface area contributed by atoms with Crippen LogP contribution in [-0.4, -0.2) is 58.0 Å². The topological polar surface area (TPSA) is 97.2 Å². The highest BCUT2D eigenvalue weighted by molar-refractivity contribution is 7.91. The lowest BCUT2D eigenvalue weighted by atomic mass is 9.82. The van der Waals surface area contributed by atoms with Crippen molar-refractivity contribution in [2.75, 3.05) is 23.4 Å². The Bertz CT molecular complexity index is 1900. The van der Waals surface area contributed by atoms with Crippen LogP contribution in [0.4, 0.5) is 19.0 Å². The zero-order chi connectivity index (χ0) is 35.4. The summed E-state index contributed by atoms with van der Waals surface area (Å²) in [7, 11) is -3.21. The quantitative estimate of drug-likeness (QED) is 0.307. The number of anilines is 1. The number of halogens is 3. The number of benzene rings is 1. The lowest BCUT2D eigenvalue weighted by Gasteiger charge is -2.42. The molecule has 3 saturated heterocycles. The summed E-state index contributed by atoms with van der Waals surface area (Å²) in [6.45, 7) is -1.72. The van der Waals surface area contributed by atoms with Gasteiger partial charge < -0.3 is 5.32 Å². The lowest BCUT2D eigenvalue weighted by molar-refractivity contribution is -0.100. The molecule has 7 heterocycles. The third-order valence-electron chi connectivity index (χ3n) is 11.1. The number of rotatable bonds is 1. The molecular formula is C35H44F3N5O3S. The first-order chi connectivity index (χ1) is 23.7. The van der Waals surface area contributed by atoms with Gasteiger partial charge in [0, 0.05) is 39.8 Å². The molecule has 47 heavy (non-hydrogen) atoms. The fourth-order valence-electron chi connectivity index (χ4n) is 8.51. The molecular weight excluding hydrogens is 627 g/mol. The zero-order valence-corrected chi connectivity index (χ0v) is 27.3. The molecule has 0 radical (unpaired) electrons. The van der Waals surface area contributed by atoms with Gasteiger partial charge in [0.15, 0.2) is 0 Å². The molecule has 8 nitrogen and oxygen atoms in total. The van der Waals surface area contributed by atoms with Crippen molar-refractivity contribution >= 4 is 26.7 Å². The second-order valence-electron chi connectivity index (χ2n) is 13.9. The summed E-state index contributed by atoms with van der Waals surface area (Å²) in [4.78, 5) is 25.1. The van der Waals surface area contributed by atoms with Gasteiger partial charge in [0.1, 0.15) is 33.4 Å². The SMILES string of the molecule is [2H]C([2H])([2H])[C@H]1Nc2ncnc3c2cc(C2CCS(=O)(=O)CC2)c(=O)n3CCCCCCCN2C3CCC2CC(C3)C(F)(F)c2cccc1c2F. The third-order valence-corrected chi connectivity index (χ3v) is 12.8.